The highest BCUT2D eigenvalue weighted by atomic mass is 16.4. The van der Waals surface area contributed by atoms with Crippen molar-refractivity contribution in [2.45, 2.75) is 0 Å². The molecule has 7 heteroatoms. The third-order valence-corrected chi connectivity index (χ3v) is 4.88. The number of hydrogen-bond acceptors (Lipinski definition) is 3. The summed E-state index contributed by atoms with van der Waals surface area (Å²) >= 11 is 0. The molecule has 0 saturated heterocycles. The Morgan fingerprint density at radius 3 is 2.81 bits per heavy atom. The van der Waals surface area contributed by atoms with Crippen LogP contribution in [0.25, 0.3) is 44.1 Å². The van der Waals surface area contributed by atoms with Gasteiger partial charge < -0.3 is 14.7 Å². The molecule has 0 fully saturated rings. The fraction of sp³-hybridized carbons (Fsp3) is 0.105. The molecule has 1 aromatic carbocycles. The lowest BCUT2D eigenvalue weighted by atomic mass is 10.1. The van der Waals surface area contributed by atoms with Gasteiger partial charge in [-0.15, -0.1) is 0 Å². The van der Waals surface area contributed by atoms with Gasteiger partial charge in [-0.25, -0.2) is 9.78 Å². The Morgan fingerprint density at radius 2 is 2.00 bits per heavy atom. The minimum absolute atomic E-state index is 0.271. The fourth-order valence-electron chi connectivity index (χ4n) is 3.62. The Hall–Kier alpha value is -3.61. The molecular formula is C19H15N5O2. The van der Waals surface area contributed by atoms with E-state index < -0.39 is 5.97 Å². The maximum Gasteiger partial charge on any atom is 0.335 e. The molecule has 0 bridgehead atoms. The van der Waals surface area contributed by atoms with Crippen LogP contribution in [0, 0.1) is 0 Å². The Balaban J connectivity index is 1.82. The van der Waals surface area contributed by atoms with Crippen molar-refractivity contribution >= 4 is 38.8 Å². The van der Waals surface area contributed by atoms with Crippen LogP contribution in [-0.4, -0.2) is 35.4 Å². The average molecular weight is 345 g/mol. The van der Waals surface area contributed by atoms with E-state index in [-0.39, 0.29) is 5.56 Å². The summed E-state index contributed by atoms with van der Waals surface area (Å²) in [6.45, 7) is 0. The number of carboxylic acid groups (broad SMARTS) is 1. The lowest BCUT2D eigenvalue weighted by molar-refractivity contribution is 0.0697. The fourth-order valence-corrected chi connectivity index (χ4v) is 3.62. The van der Waals surface area contributed by atoms with E-state index in [2.05, 4.69) is 21.1 Å². The molecular weight excluding hydrogens is 330 g/mol. The predicted molar refractivity (Wildman–Crippen MR) is 99.2 cm³/mol. The van der Waals surface area contributed by atoms with E-state index in [9.17, 15) is 9.90 Å². The Kier molecular flexibility index (Phi) is 2.80. The SMILES string of the molecule is Cn1cc(-c2cc3c(ncc4cnn(C)c43)[nH]2)c2cc(C(=O)O)ccc21. The molecule has 4 aromatic heterocycles. The maximum absolute atomic E-state index is 11.4. The van der Waals surface area contributed by atoms with Crippen molar-refractivity contribution < 1.29 is 9.90 Å². The zero-order chi connectivity index (χ0) is 18.0. The summed E-state index contributed by atoms with van der Waals surface area (Å²) in [7, 11) is 3.86. The summed E-state index contributed by atoms with van der Waals surface area (Å²) < 4.78 is 3.83. The van der Waals surface area contributed by atoms with Gasteiger partial charge in [-0.05, 0) is 24.3 Å². The summed E-state index contributed by atoms with van der Waals surface area (Å²) in [6, 6.07) is 7.23. The van der Waals surface area contributed by atoms with Crippen LogP contribution in [0.2, 0.25) is 0 Å². The lowest BCUT2D eigenvalue weighted by Crippen LogP contribution is -1.95. The van der Waals surface area contributed by atoms with Gasteiger partial charge in [0, 0.05) is 59.4 Å². The number of nitrogens with one attached hydrogen (secondary N) is 1. The van der Waals surface area contributed by atoms with Crippen molar-refractivity contribution in [2.75, 3.05) is 0 Å². The van der Waals surface area contributed by atoms with Gasteiger partial charge >= 0.3 is 5.97 Å². The van der Waals surface area contributed by atoms with E-state index in [0.29, 0.717) is 0 Å². The van der Waals surface area contributed by atoms with E-state index >= 15 is 0 Å². The van der Waals surface area contributed by atoms with Gasteiger partial charge in [-0.1, -0.05) is 0 Å². The second kappa shape index (κ2) is 4.95. The first-order valence-electron chi connectivity index (χ1n) is 8.15. The molecule has 5 aromatic rings. The van der Waals surface area contributed by atoms with Gasteiger partial charge in [0.1, 0.15) is 5.65 Å². The molecule has 0 spiro atoms. The van der Waals surface area contributed by atoms with Crippen LogP contribution in [0.15, 0.2) is 42.9 Å². The number of benzene rings is 1. The highest BCUT2D eigenvalue weighted by Gasteiger charge is 2.16. The topological polar surface area (TPSA) is 88.7 Å². The number of carbonyl (C=O) groups is 1. The molecule has 0 atom stereocenters. The summed E-state index contributed by atoms with van der Waals surface area (Å²) in [5, 5.41) is 16.5. The van der Waals surface area contributed by atoms with Gasteiger partial charge in [0.2, 0.25) is 0 Å². The first kappa shape index (κ1) is 14.7. The van der Waals surface area contributed by atoms with E-state index in [0.717, 1.165) is 44.1 Å². The molecule has 0 unspecified atom stereocenters. The Morgan fingerprint density at radius 1 is 1.15 bits per heavy atom. The number of hydrogen-bond donors (Lipinski definition) is 2. The number of aryl methyl sites for hydroxylation is 2. The number of H-pyrrole nitrogens is 1. The van der Waals surface area contributed by atoms with E-state index in [1.54, 1.807) is 24.5 Å². The number of aromatic amines is 1. The van der Waals surface area contributed by atoms with Gasteiger partial charge in [-0.2, -0.15) is 5.10 Å². The molecule has 2 N–H and O–H groups in total. The van der Waals surface area contributed by atoms with Crippen LogP contribution in [0.3, 0.4) is 0 Å². The largest absolute Gasteiger partial charge is 0.478 e. The number of aromatic nitrogens is 5. The van der Waals surface area contributed by atoms with Gasteiger partial charge in [-0.3, -0.25) is 4.68 Å². The second-order valence-electron chi connectivity index (χ2n) is 6.47. The number of nitrogens with zero attached hydrogens (tertiary/aromatic N) is 4. The van der Waals surface area contributed by atoms with Crippen LogP contribution in [0.5, 0.6) is 0 Å². The summed E-state index contributed by atoms with van der Waals surface area (Å²) in [5.41, 5.74) is 4.88. The van der Waals surface area contributed by atoms with Gasteiger partial charge in [0.25, 0.3) is 0 Å². The van der Waals surface area contributed by atoms with Crippen molar-refractivity contribution in [1.82, 2.24) is 24.3 Å². The molecule has 0 aliphatic rings. The van der Waals surface area contributed by atoms with E-state index in [1.807, 2.05) is 35.6 Å². The lowest BCUT2D eigenvalue weighted by Gasteiger charge is -1.99. The third kappa shape index (κ3) is 1.91. The van der Waals surface area contributed by atoms with Crippen LogP contribution >= 0.6 is 0 Å². The van der Waals surface area contributed by atoms with Crippen LogP contribution in [-0.2, 0) is 14.1 Å². The minimum Gasteiger partial charge on any atom is -0.478 e. The van der Waals surface area contributed by atoms with Crippen molar-refractivity contribution in [1.29, 1.82) is 0 Å². The molecule has 0 amide bonds. The number of carboxylic acids is 1. The quantitative estimate of drug-likeness (QED) is 0.514. The summed E-state index contributed by atoms with van der Waals surface area (Å²) in [5.74, 6) is -0.934. The molecule has 128 valence electrons. The van der Waals surface area contributed by atoms with Crippen LogP contribution in [0.4, 0.5) is 0 Å². The third-order valence-electron chi connectivity index (χ3n) is 4.88. The van der Waals surface area contributed by atoms with Gasteiger partial charge in [0.15, 0.2) is 0 Å². The number of rotatable bonds is 2. The first-order chi connectivity index (χ1) is 12.5. The van der Waals surface area contributed by atoms with Crippen LogP contribution < -0.4 is 0 Å². The van der Waals surface area contributed by atoms with Crippen molar-refractivity contribution in [2.24, 2.45) is 14.1 Å². The number of fused-ring (bicyclic) bond motifs is 4. The molecule has 26 heavy (non-hydrogen) atoms. The standard InChI is InChI=1S/C19H15N5O2/c1-23-9-14(12-5-10(19(25)26)3-4-16(12)23)15-6-13-17-11(8-21-24(17)2)7-20-18(13)22-15/h3-9H,1-2H3,(H,20,22)(H,25,26). The zero-order valence-electron chi connectivity index (χ0n) is 14.2. The number of pyridine rings is 1. The zero-order valence-corrected chi connectivity index (χ0v) is 14.2. The average Bonchev–Trinajstić information content (AvgIpc) is 3.30. The molecule has 7 nitrogen and oxygen atoms in total. The second-order valence-corrected chi connectivity index (χ2v) is 6.47. The smallest absolute Gasteiger partial charge is 0.335 e. The van der Waals surface area contributed by atoms with Crippen molar-refractivity contribution in [3.8, 4) is 11.3 Å². The first-order valence-corrected chi connectivity index (χ1v) is 8.15. The predicted octanol–water partition coefficient (Wildman–Crippen LogP) is 3.31. The number of aromatic carboxylic acids is 1. The van der Waals surface area contributed by atoms with E-state index in [4.69, 9.17) is 0 Å². The molecule has 0 aliphatic carbocycles. The monoisotopic (exact) mass is 345 g/mol. The summed E-state index contributed by atoms with van der Waals surface area (Å²) in [4.78, 5) is 19.2. The minimum atomic E-state index is -0.934. The summed E-state index contributed by atoms with van der Waals surface area (Å²) in [6.07, 6.45) is 5.60. The molecule has 0 radical (unpaired) electrons. The Bertz CT molecular complexity index is 1340. The molecule has 0 saturated carbocycles. The highest BCUT2D eigenvalue weighted by molar-refractivity contribution is 6.06. The molecule has 4 heterocycles. The van der Waals surface area contributed by atoms with E-state index in [1.165, 1.54) is 0 Å². The van der Waals surface area contributed by atoms with Gasteiger partial charge in [0.05, 0.1) is 17.3 Å². The normalized spacial score (nSPS) is 11.8. The highest BCUT2D eigenvalue weighted by Crippen LogP contribution is 2.34. The van der Waals surface area contributed by atoms with Crippen molar-refractivity contribution in [3.63, 3.8) is 0 Å². The van der Waals surface area contributed by atoms with Crippen LogP contribution in [0.1, 0.15) is 10.4 Å². The Labute approximate surface area is 147 Å². The molecule has 0 aliphatic heterocycles. The maximum atomic E-state index is 11.4. The van der Waals surface area contributed by atoms with Crippen molar-refractivity contribution in [3.05, 3.63) is 48.4 Å². The molecule has 5 rings (SSSR count).